The molecule has 0 saturated heterocycles. The molecule has 7 heteroatoms. The van der Waals surface area contributed by atoms with E-state index in [4.69, 9.17) is 0 Å². The molecule has 0 bridgehead atoms. The first-order valence-electron chi connectivity index (χ1n) is 9.31. The highest BCUT2D eigenvalue weighted by molar-refractivity contribution is 5.79. The molecule has 146 valence electrons. The molecular weight excluding hydrogens is 355 g/mol. The van der Waals surface area contributed by atoms with Crippen molar-refractivity contribution in [2.45, 2.75) is 33.5 Å². The van der Waals surface area contributed by atoms with Gasteiger partial charge >= 0.3 is 0 Å². The third kappa shape index (κ3) is 5.64. The molecule has 0 unspecified atom stereocenters. The van der Waals surface area contributed by atoms with Gasteiger partial charge in [0.2, 0.25) is 0 Å². The summed E-state index contributed by atoms with van der Waals surface area (Å²) in [4.78, 5) is 8.61. The molecule has 0 aliphatic carbocycles. The van der Waals surface area contributed by atoms with E-state index in [2.05, 4.69) is 37.8 Å². The summed E-state index contributed by atoms with van der Waals surface area (Å²) in [6.45, 7) is 6.25. The quantitative estimate of drug-likeness (QED) is 0.488. The number of hydrogen-bond acceptors (Lipinski definition) is 3. The Morgan fingerprint density at radius 3 is 2.71 bits per heavy atom. The molecule has 0 atom stereocenters. The third-order valence-corrected chi connectivity index (χ3v) is 4.26. The van der Waals surface area contributed by atoms with Crippen molar-refractivity contribution >= 4 is 5.96 Å². The van der Waals surface area contributed by atoms with Crippen LogP contribution in [0, 0.1) is 12.7 Å². The lowest BCUT2D eigenvalue weighted by atomic mass is 10.1. The Hall–Kier alpha value is -3.22. The van der Waals surface area contributed by atoms with Crippen molar-refractivity contribution in [3.63, 3.8) is 0 Å². The second kappa shape index (κ2) is 9.64. The summed E-state index contributed by atoms with van der Waals surface area (Å²) < 4.78 is 15.5. The summed E-state index contributed by atoms with van der Waals surface area (Å²) in [7, 11) is 0. The predicted molar refractivity (Wildman–Crippen MR) is 108 cm³/mol. The highest BCUT2D eigenvalue weighted by Crippen LogP contribution is 2.10. The molecule has 2 aromatic carbocycles. The van der Waals surface area contributed by atoms with E-state index in [0.29, 0.717) is 31.2 Å². The fourth-order valence-electron chi connectivity index (χ4n) is 2.77. The SMILES string of the molecule is CCNC(=NCc1cccc(Cn2cncn2)c1)NCc1ccc(C)c(F)c1. The predicted octanol–water partition coefficient (Wildman–Crippen LogP) is 3.03. The molecule has 1 aromatic heterocycles. The first-order chi connectivity index (χ1) is 13.6. The lowest BCUT2D eigenvalue weighted by Crippen LogP contribution is -2.36. The number of aromatic nitrogens is 3. The average molecular weight is 380 g/mol. The minimum atomic E-state index is -0.189. The highest BCUT2D eigenvalue weighted by Gasteiger charge is 2.03. The van der Waals surface area contributed by atoms with Crippen LogP contribution in [0.3, 0.4) is 0 Å². The summed E-state index contributed by atoms with van der Waals surface area (Å²) in [5, 5.41) is 10.6. The average Bonchev–Trinajstić information content (AvgIpc) is 3.20. The number of nitrogens with one attached hydrogen (secondary N) is 2. The van der Waals surface area contributed by atoms with Crippen molar-refractivity contribution in [1.29, 1.82) is 0 Å². The maximum Gasteiger partial charge on any atom is 0.191 e. The molecule has 0 fully saturated rings. The molecule has 2 N–H and O–H groups in total. The van der Waals surface area contributed by atoms with Crippen molar-refractivity contribution in [3.05, 3.63) is 83.2 Å². The summed E-state index contributed by atoms with van der Waals surface area (Å²) in [6.07, 6.45) is 3.23. The van der Waals surface area contributed by atoms with Gasteiger partial charge in [-0.25, -0.2) is 19.0 Å². The molecule has 6 nitrogen and oxygen atoms in total. The van der Waals surface area contributed by atoms with Gasteiger partial charge in [0, 0.05) is 13.1 Å². The standard InChI is InChI=1S/C21H25FN6/c1-3-24-21(26-12-18-8-7-16(2)20(22)10-18)25-11-17-5-4-6-19(9-17)13-28-15-23-14-27-28/h4-10,14-15H,3,11-13H2,1-2H3,(H2,24,25,26). The van der Waals surface area contributed by atoms with Gasteiger partial charge in [0.1, 0.15) is 18.5 Å². The van der Waals surface area contributed by atoms with Crippen LogP contribution in [0.5, 0.6) is 0 Å². The van der Waals surface area contributed by atoms with Gasteiger partial charge < -0.3 is 10.6 Å². The van der Waals surface area contributed by atoms with Crippen molar-refractivity contribution in [2.24, 2.45) is 4.99 Å². The summed E-state index contributed by atoms with van der Waals surface area (Å²) in [6, 6.07) is 13.5. The number of aliphatic imine (C=N–C) groups is 1. The Bertz CT molecular complexity index is 920. The van der Waals surface area contributed by atoms with Gasteiger partial charge in [-0.15, -0.1) is 0 Å². The zero-order valence-electron chi connectivity index (χ0n) is 16.2. The highest BCUT2D eigenvalue weighted by atomic mass is 19.1. The lowest BCUT2D eigenvalue weighted by Gasteiger charge is -2.12. The molecular formula is C21H25FN6. The fraction of sp³-hybridized carbons (Fsp3) is 0.286. The van der Waals surface area contributed by atoms with Crippen molar-refractivity contribution < 1.29 is 4.39 Å². The Balaban J connectivity index is 1.62. The maximum absolute atomic E-state index is 13.7. The van der Waals surface area contributed by atoms with Gasteiger partial charge in [-0.1, -0.05) is 36.4 Å². The molecule has 1 heterocycles. The molecule has 0 aliphatic rings. The maximum atomic E-state index is 13.7. The third-order valence-electron chi connectivity index (χ3n) is 4.26. The van der Waals surface area contributed by atoms with E-state index < -0.39 is 0 Å². The van der Waals surface area contributed by atoms with Gasteiger partial charge in [-0.2, -0.15) is 5.10 Å². The van der Waals surface area contributed by atoms with E-state index in [9.17, 15) is 4.39 Å². The van der Waals surface area contributed by atoms with Gasteiger partial charge in [-0.05, 0) is 42.2 Å². The summed E-state index contributed by atoms with van der Waals surface area (Å²) >= 11 is 0. The molecule has 0 amide bonds. The number of nitrogens with zero attached hydrogens (tertiary/aromatic N) is 4. The first kappa shape index (κ1) is 19.5. The molecule has 3 aromatic rings. The Labute approximate surface area is 164 Å². The van der Waals surface area contributed by atoms with Gasteiger partial charge in [0.05, 0.1) is 13.1 Å². The van der Waals surface area contributed by atoms with Crippen LogP contribution in [0.15, 0.2) is 60.1 Å². The summed E-state index contributed by atoms with van der Waals surface area (Å²) in [5.74, 6) is 0.510. The fourth-order valence-corrected chi connectivity index (χ4v) is 2.77. The normalized spacial score (nSPS) is 11.5. The molecule has 0 spiro atoms. The molecule has 28 heavy (non-hydrogen) atoms. The van der Waals surface area contributed by atoms with Gasteiger partial charge in [0.25, 0.3) is 0 Å². The Morgan fingerprint density at radius 1 is 1.11 bits per heavy atom. The largest absolute Gasteiger partial charge is 0.357 e. The number of hydrogen-bond donors (Lipinski definition) is 2. The van der Waals surface area contributed by atoms with E-state index in [0.717, 1.165) is 23.2 Å². The van der Waals surface area contributed by atoms with E-state index in [1.165, 1.54) is 6.33 Å². The van der Waals surface area contributed by atoms with Gasteiger partial charge in [0.15, 0.2) is 5.96 Å². The van der Waals surface area contributed by atoms with Crippen LogP contribution in [0.2, 0.25) is 0 Å². The second-order valence-corrected chi connectivity index (χ2v) is 6.55. The smallest absolute Gasteiger partial charge is 0.191 e. The van der Waals surface area contributed by atoms with E-state index in [1.807, 2.05) is 25.1 Å². The first-order valence-corrected chi connectivity index (χ1v) is 9.31. The van der Waals surface area contributed by atoms with Crippen molar-refractivity contribution in [3.8, 4) is 0 Å². The van der Waals surface area contributed by atoms with Crippen LogP contribution in [0.4, 0.5) is 4.39 Å². The van der Waals surface area contributed by atoms with Crippen LogP contribution in [0.25, 0.3) is 0 Å². The Morgan fingerprint density at radius 2 is 1.96 bits per heavy atom. The van der Waals surface area contributed by atoms with Crippen molar-refractivity contribution in [2.75, 3.05) is 6.54 Å². The number of aryl methyl sites for hydroxylation is 1. The second-order valence-electron chi connectivity index (χ2n) is 6.55. The van der Waals surface area contributed by atoms with Crippen LogP contribution in [-0.2, 0) is 19.6 Å². The van der Waals surface area contributed by atoms with Crippen molar-refractivity contribution in [1.82, 2.24) is 25.4 Å². The minimum Gasteiger partial charge on any atom is -0.357 e. The van der Waals surface area contributed by atoms with E-state index in [1.54, 1.807) is 30.1 Å². The number of halogens is 1. The Kier molecular flexibility index (Phi) is 6.73. The topological polar surface area (TPSA) is 67.1 Å². The number of guanidine groups is 1. The monoisotopic (exact) mass is 380 g/mol. The number of rotatable bonds is 7. The minimum absolute atomic E-state index is 0.189. The summed E-state index contributed by atoms with van der Waals surface area (Å²) in [5.41, 5.74) is 3.78. The van der Waals surface area contributed by atoms with E-state index in [-0.39, 0.29) is 5.82 Å². The van der Waals surface area contributed by atoms with E-state index >= 15 is 0 Å². The van der Waals surface area contributed by atoms with Crippen LogP contribution in [-0.4, -0.2) is 27.3 Å². The number of benzene rings is 2. The van der Waals surface area contributed by atoms with Crippen LogP contribution in [0.1, 0.15) is 29.2 Å². The van der Waals surface area contributed by atoms with Gasteiger partial charge in [-0.3, -0.25) is 0 Å². The lowest BCUT2D eigenvalue weighted by molar-refractivity contribution is 0.615. The zero-order chi connectivity index (χ0) is 19.8. The molecule has 0 saturated carbocycles. The molecule has 0 radical (unpaired) electrons. The molecule has 3 rings (SSSR count). The van der Waals surface area contributed by atoms with Crippen LogP contribution >= 0.6 is 0 Å². The zero-order valence-corrected chi connectivity index (χ0v) is 16.2. The molecule has 0 aliphatic heterocycles. The van der Waals surface area contributed by atoms with Crippen LogP contribution < -0.4 is 10.6 Å².